The Kier molecular flexibility index (Phi) is 5.48. The standard InChI is InChI=1S/C16H28N2O3/c1-3-17(12(2)11-15(19)20)16(21)18-10-6-9-14(18)13-7-4-5-8-13/h12-14H,3-11H2,1-2H3,(H,19,20). The Morgan fingerprint density at radius 3 is 2.48 bits per heavy atom. The van der Waals surface area contributed by atoms with E-state index in [0.717, 1.165) is 19.4 Å². The molecule has 1 aliphatic heterocycles. The molecule has 2 amide bonds. The zero-order valence-electron chi connectivity index (χ0n) is 13.3. The van der Waals surface area contributed by atoms with Gasteiger partial charge in [0.2, 0.25) is 0 Å². The van der Waals surface area contributed by atoms with Crippen LogP contribution in [-0.2, 0) is 4.79 Å². The molecule has 120 valence electrons. The van der Waals surface area contributed by atoms with Gasteiger partial charge < -0.3 is 14.9 Å². The number of carbonyl (C=O) groups is 2. The number of carboxylic acid groups (broad SMARTS) is 1. The molecule has 0 bridgehead atoms. The average Bonchev–Trinajstić information content (AvgIpc) is 3.09. The summed E-state index contributed by atoms with van der Waals surface area (Å²) in [6, 6.07) is 0.177. The van der Waals surface area contributed by atoms with Crippen LogP contribution >= 0.6 is 0 Å². The van der Waals surface area contributed by atoms with Crippen LogP contribution < -0.4 is 0 Å². The smallest absolute Gasteiger partial charge is 0.320 e. The average molecular weight is 296 g/mol. The number of likely N-dealkylation sites (tertiary alicyclic amines) is 1. The molecule has 0 aromatic heterocycles. The zero-order chi connectivity index (χ0) is 15.4. The predicted octanol–water partition coefficient (Wildman–Crippen LogP) is 2.95. The van der Waals surface area contributed by atoms with Crippen LogP contribution in [0.3, 0.4) is 0 Å². The summed E-state index contributed by atoms with van der Waals surface area (Å²) in [7, 11) is 0. The topological polar surface area (TPSA) is 60.9 Å². The van der Waals surface area contributed by atoms with Gasteiger partial charge in [-0.25, -0.2) is 4.79 Å². The fourth-order valence-electron chi connectivity index (χ4n) is 4.03. The van der Waals surface area contributed by atoms with Crippen molar-refractivity contribution in [1.82, 2.24) is 9.80 Å². The van der Waals surface area contributed by atoms with Gasteiger partial charge in [0.05, 0.1) is 6.42 Å². The normalized spacial score (nSPS) is 24.3. The van der Waals surface area contributed by atoms with Gasteiger partial charge in [0.25, 0.3) is 0 Å². The Labute approximate surface area is 127 Å². The van der Waals surface area contributed by atoms with Crippen LogP contribution in [0.15, 0.2) is 0 Å². The van der Waals surface area contributed by atoms with E-state index in [1.54, 1.807) is 4.90 Å². The molecule has 2 aliphatic rings. The van der Waals surface area contributed by atoms with Crippen molar-refractivity contribution >= 4 is 12.0 Å². The summed E-state index contributed by atoms with van der Waals surface area (Å²) in [6.07, 6.45) is 7.27. The highest BCUT2D eigenvalue weighted by molar-refractivity contribution is 5.76. The van der Waals surface area contributed by atoms with Gasteiger partial charge in [0.15, 0.2) is 0 Å². The Bertz CT molecular complexity index is 380. The maximum Gasteiger partial charge on any atom is 0.320 e. The van der Waals surface area contributed by atoms with E-state index in [1.165, 1.54) is 25.7 Å². The second-order valence-electron chi connectivity index (χ2n) is 6.46. The van der Waals surface area contributed by atoms with Crippen molar-refractivity contribution in [2.24, 2.45) is 5.92 Å². The molecule has 21 heavy (non-hydrogen) atoms. The van der Waals surface area contributed by atoms with Gasteiger partial charge in [-0.1, -0.05) is 12.8 Å². The molecule has 0 aromatic carbocycles. The fourth-order valence-corrected chi connectivity index (χ4v) is 4.03. The van der Waals surface area contributed by atoms with Crippen molar-refractivity contribution < 1.29 is 14.7 Å². The van der Waals surface area contributed by atoms with Crippen molar-refractivity contribution in [3.8, 4) is 0 Å². The molecule has 5 nitrogen and oxygen atoms in total. The van der Waals surface area contributed by atoms with Crippen molar-refractivity contribution in [3.63, 3.8) is 0 Å². The van der Waals surface area contributed by atoms with Crippen molar-refractivity contribution in [3.05, 3.63) is 0 Å². The number of aliphatic carboxylic acids is 1. The highest BCUT2D eigenvalue weighted by Crippen LogP contribution is 2.36. The molecule has 1 saturated carbocycles. The maximum absolute atomic E-state index is 12.8. The molecular weight excluding hydrogens is 268 g/mol. The summed E-state index contributed by atoms with van der Waals surface area (Å²) < 4.78 is 0. The molecule has 2 atom stereocenters. The largest absolute Gasteiger partial charge is 0.481 e. The first-order chi connectivity index (χ1) is 10.0. The molecule has 1 saturated heterocycles. The summed E-state index contributed by atoms with van der Waals surface area (Å²) in [4.78, 5) is 27.5. The molecule has 1 heterocycles. The summed E-state index contributed by atoms with van der Waals surface area (Å²) in [5, 5.41) is 8.95. The van der Waals surface area contributed by atoms with Crippen LogP contribution in [0.2, 0.25) is 0 Å². The molecule has 2 unspecified atom stereocenters. The van der Waals surface area contributed by atoms with E-state index in [4.69, 9.17) is 5.11 Å². The Morgan fingerprint density at radius 1 is 1.24 bits per heavy atom. The first-order valence-corrected chi connectivity index (χ1v) is 8.33. The van der Waals surface area contributed by atoms with E-state index in [-0.39, 0.29) is 18.5 Å². The molecular formula is C16H28N2O3. The van der Waals surface area contributed by atoms with Crippen molar-refractivity contribution in [2.45, 2.75) is 70.9 Å². The minimum Gasteiger partial charge on any atom is -0.481 e. The zero-order valence-corrected chi connectivity index (χ0v) is 13.3. The van der Waals surface area contributed by atoms with E-state index in [1.807, 2.05) is 18.7 Å². The third-order valence-corrected chi connectivity index (χ3v) is 5.08. The summed E-state index contributed by atoms with van der Waals surface area (Å²) in [5.74, 6) is -0.188. The van der Waals surface area contributed by atoms with Crippen molar-refractivity contribution in [2.75, 3.05) is 13.1 Å². The number of rotatable bonds is 5. The first-order valence-electron chi connectivity index (χ1n) is 8.33. The SMILES string of the molecule is CCN(C(=O)N1CCCC1C1CCCC1)C(C)CC(=O)O. The number of amides is 2. The van der Waals surface area contributed by atoms with E-state index in [0.29, 0.717) is 18.5 Å². The summed E-state index contributed by atoms with van der Waals surface area (Å²) in [5.41, 5.74) is 0. The van der Waals surface area contributed by atoms with Crippen LogP contribution in [0.1, 0.15) is 58.8 Å². The highest BCUT2D eigenvalue weighted by Gasteiger charge is 2.38. The number of carboxylic acids is 1. The van der Waals surface area contributed by atoms with E-state index in [9.17, 15) is 9.59 Å². The molecule has 2 rings (SSSR count). The molecule has 1 N–H and O–H groups in total. The van der Waals surface area contributed by atoms with Gasteiger partial charge in [0.1, 0.15) is 0 Å². The van der Waals surface area contributed by atoms with E-state index >= 15 is 0 Å². The lowest BCUT2D eigenvalue weighted by Crippen LogP contribution is -2.50. The number of carbonyl (C=O) groups excluding carboxylic acids is 1. The van der Waals surface area contributed by atoms with Crippen LogP contribution in [0.4, 0.5) is 4.79 Å². The third kappa shape index (κ3) is 3.69. The fraction of sp³-hybridized carbons (Fsp3) is 0.875. The second-order valence-corrected chi connectivity index (χ2v) is 6.46. The maximum atomic E-state index is 12.8. The Balaban J connectivity index is 2.03. The lowest BCUT2D eigenvalue weighted by Gasteiger charge is -2.36. The minimum absolute atomic E-state index is 0.0154. The number of hydrogen-bond acceptors (Lipinski definition) is 2. The van der Waals surface area contributed by atoms with Crippen LogP contribution in [0.5, 0.6) is 0 Å². The summed E-state index contributed by atoms with van der Waals surface area (Å²) in [6.45, 7) is 5.16. The van der Waals surface area contributed by atoms with E-state index < -0.39 is 5.97 Å². The monoisotopic (exact) mass is 296 g/mol. The third-order valence-electron chi connectivity index (χ3n) is 5.08. The van der Waals surface area contributed by atoms with Gasteiger partial charge >= 0.3 is 12.0 Å². The lowest BCUT2D eigenvalue weighted by molar-refractivity contribution is -0.138. The highest BCUT2D eigenvalue weighted by atomic mass is 16.4. The van der Waals surface area contributed by atoms with Crippen LogP contribution in [-0.4, -0.2) is 52.1 Å². The molecule has 2 fully saturated rings. The van der Waals surface area contributed by atoms with Gasteiger partial charge in [-0.05, 0) is 45.4 Å². The summed E-state index contributed by atoms with van der Waals surface area (Å²) >= 11 is 0. The predicted molar refractivity (Wildman–Crippen MR) is 81.2 cm³/mol. The Morgan fingerprint density at radius 2 is 1.90 bits per heavy atom. The van der Waals surface area contributed by atoms with Crippen LogP contribution in [0, 0.1) is 5.92 Å². The van der Waals surface area contributed by atoms with Gasteiger partial charge in [-0.15, -0.1) is 0 Å². The molecule has 0 spiro atoms. The first kappa shape index (κ1) is 16.1. The van der Waals surface area contributed by atoms with Gasteiger partial charge in [0, 0.05) is 25.2 Å². The molecule has 5 heteroatoms. The molecule has 0 aromatic rings. The number of urea groups is 1. The number of hydrogen-bond donors (Lipinski definition) is 1. The minimum atomic E-state index is -0.845. The van der Waals surface area contributed by atoms with E-state index in [2.05, 4.69) is 0 Å². The molecule has 0 radical (unpaired) electrons. The van der Waals surface area contributed by atoms with Crippen molar-refractivity contribution in [1.29, 1.82) is 0 Å². The number of nitrogens with zero attached hydrogens (tertiary/aromatic N) is 2. The van der Waals surface area contributed by atoms with Crippen LogP contribution in [0.25, 0.3) is 0 Å². The lowest BCUT2D eigenvalue weighted by atomic mass is 9.96. The Hall–Kier alpha value is -1.26. The quantitative estimate of drug-likeness (QED) is 0.848. The van der Waals surface area contributed by atoms with Gasteiger partial charge in [-0.3, -0.25) is 4.79 Å². The van der Waals surface area contributed by atoms with Gasteiger partial charge in [-0.2, -0.15) is 0 Å². The second kappa shape index (κ2) is 7.14. The molecule has 1 aliphatic carbocycles.